The molecule has 1 heterocycles. The molecule has 2 rings (SSSR count). The van der Waals surface area contributed by atoms with Gasteiger partial charge in [-0.1, -0.05) is 0 Å². The van der Waals surface area contributed by atoms with Crippen LogP contribution < -0.4 is 15.4 Å². The molecule has 9 heteroatoms. The third-order valence-electron chi connectivity index (χ3n) is 4.14. The van der Waals surface area contributed by atoms with E-state index in [1.165, 1.54) is 25.3 Å². The van der Waals surface area contributed by atoms with Crippen LogP contribution in [-0.4, -0.2) is 48.0 Å². The zero-order valence-corrected chi connectivity index (χ0v) is 15.2. The Labute approximate surface area is 151 Å². The topological polar surface area (TPSA) is 114 Å². The highest BCUT2D eigenvalue weighted by Crippen LogP contribution is 2.30. The summed E-state index contributed by atoms with van der Waals surface area (Å²) >= 11 is 0. The van der Waals surface area contributed by atoms with E-state index in [4.69, 9.17) is 4.74 Å². The summed E-state index contributed by atoms with van der Waals surface area (Å²) in [6.45, 7) is 4.66. The van der Waals surface area contributed by atoms with E-state index in [0.717, 1.165) is 6.42 Å². The molecule has 142 valence electrons. The Balaban J connectivity index is 2.08. The molecule has 0 bridgehead atoms. The Bertz CT molecular complexity index is 692. The summed E-state index contributed by atoms with van der Waals surface area (Å²) in [5, 5.41) is 16.5. The lowest BCUT2D eigenvalue weighted by Crippen LogP contribution is -2.49. The van der Waals surface area contributed by atoms with E-state index in [2.05, 4.69) is 10.6 Å². The average Bonchev–Trinajstić information content (AvgIpc) is 2.61. The summed E-state index contributed by atoms with van der Waals surface area (Å²) in [5.41, 5.74) is 0.109. The van der Waals surface area contributed by atoms with Gasteiger partial charge in [0, 0.05) is 31.3 Å². The second-order valence-electron chi connectivity index (χ2n) is 6.52. The quantitative estimate of drug-likeness (QED) is 0.615. The molecule has 0 saturated carbocycles. The van der Waals surface area contributed by atoms with E-state index in [-0.39, 0.29) is 35.3 Å². The number of nitrogens with zero attached hydrogens (tertiary/aromatic N) is 2. The number of non-ortho nitro benzene ring substituents is 1. The molecule has 1 aliphatic rings. The molecule has 26 heavy (non-hydrogen) atoms. The van der Waals surface area contributed by atoms with Crippen molar-refractivity contribution < 1.29 is 19.2 Å². The minimum absolute atomic E-state index is 0.0193. The van der Waals surface area contributed by atoms with Gasteiger partial charge in [0.25, 0.3) is 5.69 Å². The third kappa shape index (κ3) is 4.84. The van der Waals surface area contributed by atoms with E-state index in [0.29, 0.717) is 25.3 Å². The molecular weight excluding hydrogens is 340 g/mol. The van der Waals surface area contributed by atoms with E-state index in [1.807, 2.05) is 13.8 Å². The van der Waals surface area contributed by atoms with E-state index in [1.54, 1.807) is 4.90 Å². The number of ether oxygens (including phenoxy) is 1. The van der Waals surface area contributed by atoms with Crippen molar-refractivity contribution in [1.82, 2.24) is 10.2 Å². The van der Waals surface area contributed by atoms with Gasteiger partial charge < -0.3 is 20.3 Å². The summed E-state index contributed by atoms with van der Waals surface area (Å²) in [7, 11) is 1.43. The number of likely N-dealkylation sites (tertiary alicyclic amines) is 1. The van der Waals surface area contributed by atoms with Gasteiger partial charge in [-0.05, 0) is 32.8 Å². The van der Waals surface area contributed by atoms with Crippen LogP contribution in [0.25, 0.3) is 0 Å². The molecular formula is C17H24N4O5. The molecule has 1 aromatic rings. The number of benzene rings is 1. The molecule has 1 fully saturated rings. The third-order valence-corrected chi connectivity index (χ3v) is 4.14. The van der Waals surface area contributed by atoms with E-state index < -0.39 is 4.92 Å². The number of piperidine rings is 1. The van der Waals surface area contributed by atoms with Crippen molar-refractivity contribution >= 4 is 23.3 Å². The molecule has 1 atom stereocenters. The van der Waals surface area contributed by atoms with Crippen LogP contribution in [0.5, 0.6) is 5.75 Å². The van der Waals surface area contributed by atoms with Crippen LogP contribution in [0, 0.1) is 16.0 Å². The van der Waals surface area contributed by atoms with Gasteiger partial charge in [0.15, 0.2) is 0 Å². The Morgan fingerprint density at radius 1 is 1.38 bits per heavy atom. The average molecular weight is 364 g/mol. The van der Waals surface area contributed by atoms with Crippen LogP contribution in [0.3, 0.4) is 0 Å². The number of nitro benzene ring substituents is 1. The number of hydrogen-bond acceptors (Lipinski definition) is 5. The van der Waals surface area contributed by atoms with Gasteiger partial charge in [0.2, 0.25) is 5.91 Å². The largest absolute Gasteiger partial charge is 0.495 e. The molecule has 3 amide bonds. The second kappa shape index (κ2) is 8.50. The minimum Gasteiger partial charge on any atom is -0.495 e. The molecule has 0 aromatic heterocycles. The van der Waals surface area contributed by atoms with E-state index in [9.17, 15) is 19.7 Å². The molecule has 1 aromatic carbocycles. The number of carbonyl (C=O) groups is 2. The van der Waals surface area contributed by atoms with Crippen LogP contribution in [-0.2, 0) is 4.79 Å². The number of methoxy groups -OCH3 is 1. The van der Waals surface area contributed by atoms with Crippen LogP contribution in [0.1, 0.15) is 26.7 Å². The molecule has 2 N–H and O–H groups in total. The maximum atomic E-state index is 12.6. The van der Waals surface area contributed by atoms with Crippen molar-refractivity contribution in [3.05, 3.63) is 28.3 Å². The number of anilines is 1. The van der Waals surface area contributed by atoms with Crippen molar-refractivity contribution in [2.45, 2.75) is 32.7 Å². The van der Waals surface area contributed by atoms with Crippen molar-refractivity contribution in [2.24, 2.45) is 5.92 Å². The van der Waals surface area contributed by atoms with Crippen molar-refractivity contribution in [3.63, 3.8) is 0 Å². The van der Waals surface area contributed by atoms with Crippen LogP contribution in [0.2, 0.25) is 0 Å². The minimum atomic E-state index is -0.534. The van der Waals surface area contributed by atoms with Gasteiger partial charge in [-0.2, -0.15) is 0 Å². The number of carbonyl (C=O) groups excluding carboxylic acids is 2. The Morgan fingerprint density at radius 3 is 2.73 bits per heavy atom. The zero-order valence-electron chi connectivity index (χ0n) is 15.2. The molecule has 9 nitrogen and oxygen atoms in total. The predicted molar refractivity (Wildman–Crippen MR) is 96.2 cm³/mol. The second-order valence-corrected chi connectivity index (χ2v) is 6.52. The highest BCUT2D eigenvalue weighted by molar-refractivity contribution is 5.95. The van der Waals surface area contributed by atoms with Gasteiger partial charge in [-0.3, -0.25) is 14.9 Å². The van der Waals surface area contributed by atoms with Crippen LogP contribution in [0.15, 0.2) is 18.2 Å². The molecule has 1 aliphatic heterocycles. The fourth-order valence-corrected chi connectivity index (χ4v) is 2.86. The molecule has 0 unspecified atom stereocenters. The summed E-state index contributed by atoms with van der Waals surface area (Å²) in [6.07, 6.45) is 1.37. The SMILES string of the molecule is COc1ccc([N+](=O)[O-])cc1NC(=O)[C@@H]1CCCN(C(=O)NC(C)C)C1. The van der Waals surface area contributed by atoms with Crippen molar-refractivity contribution in [1.29, 1.82) is 0 Å². The lowest BCUT2D eigenvalue weighted by molar-refractivity contribution is -0.384. The van der Waals surface area contributed by atoms with Gasteiger partial charge in [0.1, 0.15) is 5.75 Å². The highest BCUT2D eigenvalue weighted by atomic mass is 16.6. The van der Waals surface area contributed by atoms with E-state index >= 15 is 0 Å². The van der Waals surface area contributed by atoms with Gasteiger partial charge in [-0.15, -0.1) is 0 Å². The van der Waals surface area contributed by atoms with Gasteiger partial charge in [0.05, 0.1) is 23.6 Å². The zero-order chi connectivity index (χ0) is 19.3. The highest BCUT2D eigenvalue weighted by Gasteiger charge is 2.29. The lowest BCUT2D eigenvalue weighted by Gasteiger charge is -2.32. The lowest BCUT2D eigenvalue weighted by atomic mass is 9.97. The first kappa shape index (κ1) is 19.5. The number of urea groups is 1. The fraction of sp³-hybridized carbons (Fsp3) is 0.529. The Morgan fingerprint density at radius 2 is 2.12 bits per heavy atom. The smallest absolute Gasteiger partial charge is 0.317 e. The predicted octanol–water partition coefficient (Wildman–Crippen LogP) is 2.37. The number of rotatable bonds is 5. The number of hydrogen-bond donors (Lipinski definition) is 2. The number of nitro groups is 1. The summed E-state index contributed by atoms with van der Waals surface area (Å²) in [4.78, 5) is 36.8. The number of nitrogens with one attached hydrogen (secondary N) is 2. The molecule has 0 radical (unpaired) electrons. The van der Waals surface area contributed by atoms with Gasteiger partial charge >= 0.3 is 6.03 Å². The summed E-state index contributed by atoms with van der Waals surface area (Å²) in [5.74, 6) is -0.328. The monoisotopic (exact) mass is 364 g/mol. The normalized spacial score (nSPS) is 16.9. The van der Waals surface area contributed by atoms with Crippen molar-refractivity contribution in [2.75, 3.05) is 25.5 Å². The standard InChI is InChI=1S/C17H24N4O5/c1-11(2)18-17(23)20-8-4-5-12(10-20)16(22)19-14-9-13(21(24)25)6-7-15(14)26-3/h6-7,9,11-12H,4-5,8,10H2,1-3H3,(H,18,23)(H,19,22)/t12-/m1/s1. The summed E-state index contributed by atoms with van der Waals surface area (Å²) < 4.78 is 5.16. The maximum absolute atomic E-state index is 12.6. The van der Waals surface area contributed by atoms with Crippen LogP contribution in [0.4, 0.5) is 16.2 Å². The maximum Gasteiger partial charge on any atom is 0.317 e. The van der Waals surface area contributed by atoms with Gasteiger partial charge in [-0.25, -0.2) is 4.79 Å². The first-order valence-electron chi connectivity index (χ1n) is 8.50. The molecule has 0 aliphatic carbocycles. The summed E-state index contributed by atoms with van der Waals surface area (Å²) in [6, 6.07) is 3.85. The molecule has 0 spiro atoms. The van der Waals surface area contributed by atoms with Crippen LogP contribution >= 0.6 is 0 Å². The number of amides is 3. The molecule has 1 saturated heterocycles. The van der Waals surface area contributed by atoms with Crippen molar-refractivity contribution in [3.8, 4) is 5.75 Å². The Kier molecular flexibility index (Phi) is 6.37. The fourth-order valence-electron chi connectivity index (χ4n) is 2.86. The first-order chi connectivity index (χ1) is 12.3. The Hall–Kier alpha value is -2.84. The first-order valence-corrected chi connectivity index (χ1v) is 8.50.